The third-order valence-corrected chi connectivity index (χ3v) is 5.00. The zero-order valence-electron chi connectivity index (χ0n) is 12.1. The Kier molecular flexibility index (Phi) is 3.26. The van der Waals surface area contributed by atoms with Crippen LogP contribution in [0.25, 0.3) is 0 Å². The first kappa shape index (κ1) is 13.6. The smallest absolute Gasteiger partial charge is 0.255 e. The molecule has 2 aliphatic heterocycles. The predicted molar refractivity (Wildman–Crippen MR) is 82.2 cm³/mol. The van der Waals surface area contributed by atoms with Crippen molar-refractivity contribution in [2.75, 3.05) is 19.1 Å². The molecule has 4 rings (SSSR count). The molecule has 22 heavy (non-hydrogen) atoms. The zero-order chi connectivity index (χ0) is 15.1. The molecule has 1 unspecified atom stereocenters. The number of aryl methyl sites for hydroxylation is 1. The first-order valence-corrected chi connectivity index (χ1v) is 8.16. The van der Waals surface area contributed by atoms with Crippen molar-refractivity contribution in [1.29, 1.82) is 0 Å². The highest BCUT2D eigenvalue weighted by atomic mass is 32.2. The van der Waals surface area contributed by atoms with Gasteiger partial charge >= 0.3 is 0 Å². The molecule has 0 bridgehead atoms. The maximum Gasteiger partial charge on any atom is 0.255 e. The maximum absolute atomic E-state index is 12.8. The maximum atomic E-state index is 12.8. The number of rotatable bonds is 2. The number of amides is 1. The van der Waals surface area contributed by atoms with Crippen molar-refractivity contribution in [3.05, 3.63) is 47.4 Å². The van der Waals surface area contributed by atoms with Gasteiger partial charge in [-0.25, -0.2) is 0 Å². The van der Waals surface area contributed by atoms with Crippen molar-refractivity contribution >= 4 is 17.7 Å². The van der Waals surface area contributed by atoms with Gasteiger partial charge in [-0.2, -0.15) is 0 Å². The Morgan fingerprint density at radius 2 is 2.09 bits per heavy atom. The summed E-state index contributed by atoms with van der Waals surface area (Å²) >= 11 is 1.72. The summed E-state index contributed by atoms with van der Waals surface area (Å²) in [6, 6.07) is 9.18. The summed E-state index contributed by atoms with van der Waals surface area (Å²) < 4.78 is 16.3. The largest absolute Gasteiger partial charge is 0.463 e. The van der Waals surface area contributed by atoms with E-state index in [1.165, 1.54) is 0 Å². The number of carbonyl (C=O) groups is 1. The van der Waals surface area contributed by atoms with E-state index in [1.54, 1.807) is 30.0 Å². The molecule has 114 valence electrons. The van der Waals surface area contributed by atoms with E-state index in [2.05, 4.69) is 0 Å². The lowest BCUT2D eigenvalue weighted by Crippen LogP contribution is -2.30. The molecule has 1 aromatic heterocycles. The highest BCUT2D eigenvalue weighted by molar-refractivity contribution is 7.99. The highest BCUT2D eigenvalue weighted by Crippen LogP contribution is 2.40. The van der Waals surface area contributed by atoms with Gasteiger partial charge in [0.1, 0.15) is 16.9 Å². The van der Waals surface area contributed by atoms with Crippen LogP contribution in [0.2, 0.25) is 0 Å². The Labute approximate surface area is 132 Å². The fraction of sp³-hybridized carbons (Fsp3) is 0.312. The van der Waals surface area contributed by atoms with Gasteiger partial charge in [-0.3, -0.25) is 4.79 Å². The van der Waals surface area contributed by atoms with Gasteiger partial charge in [0.2, 0.25) is 6.79 Å². The second-order valence-electron chi connectivity index (χ2n) is 5.24. The van der Waals surface area contributed by atoms with Crippen LogP contribution in [0.4, 0.5) is 0 Å². The van der Waals surface area contributed by atoms with Crippen LogP contribution < -0.4 is 9.47 Å². The SMILES string of the molecule is Cc1ccc(C2SCCN2C(=O)c2ccc3c(c2)OCO3)o1. The summed E-state index contributed by atoms with van der Waals surface area (Å²) in [6.45, 7) is 2.83. The monoisotopic (exact) mass is 317 g/mol. The van der Waals surface area contributed by atoms with Crippen LogP contribution in [0.3, 0.4) is 0 Å². The van der Waals surface area contributed by atoms with Crippen LogP contribution in [0.15, 0.2) is 34.7 Å². The second kappa shape index (κ2) is 5.28. The van der Waals surface area contributed by atoms with E-state index in [-0.39, 0.29) is 18.1 Å². The fourth-order valence-electron chi connectivity index (χ4n) is 2.70. The van der Waals surface area contributed by atoms with E-state index < -0.39 is 0 Å². The van der Waals surface area contributed by atoms with E-state index in [9.17, 15) is 4.79 Å². The quantitative estimate of drug-likeness (QED) is 0.851. The third kappa shape index (κ3) is 2.23. The first-order chi connectivity index (χ1) is 10.7. The van der Waals surface area contributed by atoms with Crippen LogP contribution >= 0.6 is 11.8 Å². The predicted octanol–water partition coefficient (Wildman–Crippen LogP) is 3.20. The van der Waals surface area contributed by atoms with E-state index >= 15 is 0 Å². The number of fused-ring (bicyclic) bond motifs is 1. The Morgan fingerprint density at radius 1 is 1.23 bits per heavy atom. The minimum Gasteiger partial charge on any atom is -0.463 e. The molecule has 1 saturated heterocycles. The number of hydrogen-bond donors (Lipinski definition) is 0. The molecule has 0 spiro atoms. The summed E-state index contributed by atoms with van der Waals surface area (Å²) in [5.74, 6) is 3.89. The van der Waals surface area contributed by atoms with Crippen molar-refractivity contribution < 1.29 is 18.7 Å². The lowest BCUT2D eigenvalue weighted by Gasteiger charge is -2.22. The first-order valence-electron chi connectivity index (χ1n) is 7.11. The van der Waals surface area contributed by atoms with Crippen LogP contribution in [0, 0.1) is 6.92 Å². The average Bonchev–Trinajstić information content (AvgIpc) is 3.25. The summed E-state index contributed by atoms with van der Waals surface area (Å²) in [6.07, 6.45) is 0. The van der Waals surface area contributed by atoms with Gasteiger partial charge in [0.05, 0.1) is 0 Å². The molecular weight excluding hydrogens is 302 g/mol. The molecule has 0 N–H and O–H groups in total. The van der Waals surface area contributed by atoms with Crippen molar-refractivity contribution in [2.45, 2.75) is 12.3 Å². The standard InChI is InChI=1S/C16H15NO4S/c1-10-2-4-13(21-10)16-17(6-7-22-16)15(18)11-3-5-12-14(8-11)20-9-19-12/h2-5,8,16H,6-7,9H2,1H3. The Bertz CT molecular complexity index is 727. The fourth-order valence-corrected chi connectivity index (χ4v) is 3.89. The molecule has 2 aromatic rings. The molecule has 3 heterocycles. The van der Waals surface area contributed by atoms with Crippen molar-refractivity contribution in [3.63, 3.8) is 0 Å². The van der Waals surface area contributed by atoms with Crippen molar-refractivity contribution in [2.24, 2.45) is 0 Å². The van der Waals surface area contributed by atoms with Gasteiger partial charge in [-0.05, 0) is 37.3 Å². The van der Waals surface area contributed by atoms with Gasteiger partial charge in [0.25, 0.3) is 5.91 Å². The lowest BCUT2D eigenvalue weighted by molar-refractivity contribution is 0.0748. The normalized spacial score (nSPS) is 19.7. The molecule has 2 aliphatic rings. The molecule has 0 saturated carbocycles. The number of furan rings is 1. The minimum absolute atomic E-state index is 0.0117. The van der Waals surface area contributed by atoms with E-state index in [0.717, 1.165) is 17.3 Å². The second-order valence-corrected chi connectivity index (χ2v) is 6.43. The number of hydrogen-bond acceptors (Lipinski definition) is 5. The minimum atomic E-state index is -0.0633. The molecule has 1 aromatic carbocycles. The average molecular weight is 317 g/mol. The molecular formula is C16H15NO4S. The van der Waals surface area contributed by atoms with Crippen LogP contribution in [0.5, 0.6) is 11.5 Å². The van der Waals surface area contributed by atoms with E-state index in [1.807, 2.05) is 24.0 Å². The van der Waals surface area contributed by atoms with Crippen molar-refractivity contribution in [1.82, 2.24) is 4.90 Å². The number of carbonyl (C=O) groups excluding carboxylic acids is 1. The van der Waals surface area contributed by atoms with Crippen LogP contribution in [0.1, 0.15) is 27.3 Å². The Balaban J connectivity index is 1.61. The van der Waals surface area contributed by atoms with Gasteiger partial charge < -0.3 is 18.8 Å². The number of ether oxygens (including phenoxy) is 2. The number of benzene rings is 1. The van der Waals surface area contributed by atoms with Crippen molar-refractivity contribution in [3.8, 4) is 11.5 Å². The summed E-state index contributed by atoms with van der Waals surface area (Å²) in [5.41, 5.74) is 0.611. The van der Waals surface area contributed by atoms with Gasteiger partial charge in [-0.15, -0.1) is 11.8 Å². The number of nitrogens with zero attached hydrogens (tertiary/aromatic N) is 1. The molecule has 0 radical (unpaired) electrons. The molecule has 5 nitrogen and oxygen atoms in total. The Morgan fingerprint density at radius 3 is 2.91 bits per heavy atom. The molecule has 1 fully saturated rings. The summed E-state index contributed by atoms with van der Waals surface area (Å²) in [7, 11) is 0. The van der Waals surface area contributed by atoms with E-state index in [0.29, 0.717) is 23.6 Å². The van der Waals surface area contributed by atoms with Gasteiger partial charge in [-0.1, -0.05) is 0 Å². The van der Waals surface area contributed by atoms with Gasteiger partial charge in [0.15, 0.2) is 11.5 Å². The van der Waals surface area contributed by atoms with E-state index in [4.69, 9.17) is 13.9 Å². The van der Waals surface area contributed by atoms with Crippen LogP contribution in [-0.4, -0.2) is 29.9 Å². The lowest BCUT2D eigenvalue weighted by atomic mass is 10.1. The summed E-state index contributed by atoms with van der Waals surface area (Å²) in [5, 5.41) is -0.0633. The van der Waals surface area contributed by atoms with Gasteiger partial charge in [0, 0.05) is 17.9 Å². The summed E-state index contributed by atoms with van der Waals surface area (Å²) in [4.78, 5) is 14.7. The zero-order valence-corrected chi connectivity index (χ0v) is 12.9. The topological polar surface area (TPSA) is 51.9 Å². The molecule has 0 aliphatic carbocycles. The number of thioether (sulfide) groups is 1. The highest BCUT2D eigenvalue weighted by Gasteiger charge is 2.33. The molecule has 1 atom stereocenters. The molecule has 6 heteroatoms. The molecule has 1 amide bonds. The third-order valence-electron chi connectivity index (χ3n) is 3.78. The van der Waals surface area contributed by atoms with Crippen LogP contribution in [-0.2, 0) is 0 Å². The Hall–Kier alpha value is -2.08.